The van der Waals surface area contributed by atoms with Gasteiger partial charge in [0.1, 0.15) is 6.61 Å². The Kier molecular flexibility index (Phi) is 4.18. The first-order valence-corrected chi connectivity index (χ1v) is 6.19. The number of nitrogen functional groups attached to an aromatic ring is 1. The minimum atomic E-state index is -0.264. The molecule has 2 aromatic rings. The molecule has 0 aliphatic rings. The lowest BCUT2D eigenvalue weighted by molar-refractivity contribution is -0.144. The lowest BCUT2D eigenvalue weighted by Gasteiger charge is -2.07. The molecule has 3 nitrogen and oxygen atoms in total. The fourth-order valence-electron chi connectivity index (χ4n) is 1.87. The molecule has 0 saturated carbocycles. The van der Waals surface area contributed by atoms with Gasteiger partial charge in [0.15, 0.2) is 0 Å². The molecule has 0 fully saturated rings. The Balaban J connectivity index is 1.90. The maximum atomic E-state index is 11.7. The fraction of sp³-hybridized carbons (Fsp3) is 0.188. The summed E-state index contributed by atoms with van der Waals surface area (Å²) >= 11 is 0. The topological polar surface area (TPSA) is 52.3 Å². The number of rotatable bonds is 4. The first kappa shape index (κ1) is 13.1. The first-order valence-electron chi connectivity index (χ1n) is 6.19. The number of ether oxygens (including phenoxy) is 1. The molecular formula is C16H17NO2. The maximum Gasteiger partial charge on any atom is 0.310 e. The highest BCUT2D eigenvalue weighted by atomic mass is 16.5. The number of hydrogen-bond acceptors (Lipinski definition) is 3. The van der Waals surface area contributed by atoms with Crippen LogP contribution in [0.15, 0.2) is 48.5 Å². The van der Waals surface area contributed by atoms with Gasteiger partial charge in [0.05, 0.1) is 6.42 Å². The molecule has 0 unspecified atom stereocenters. The van der Waals surface area contributed by atoms with Gasteiger partial charge in [-0.3, -0.25) is 4.79 Å². The van der Waals surface area contributed by atoms with Crippen LogP contribution in [-0.4, -0.2) is 5.97 Å². The second kappa shape index (κ2) is 6.05. The Morgan fingerprint density at radius 1 is 1.16 bits per heavy atom. The van der Waals surface area contributed by atoms with E-state index in [0.29, 0.717) is 12.3 Å². The van der Waals surface area contributed by atoms with E-state index in [0.717, 1.165) is 16.7 Å². The number of aryl methyl sites for hydroxylation is 1. The number of carbonyl (C=O) groups excluding carboxylic acids is 1. The maximum absolute atomic E-state index is 11.7. The van der Waals surface area contributed by atoms with Crippen LogP contribution in [0.1, 0.15) is 16.7 Å². The van der Waals surface area contributed by atoms with Crippen molar-refractivity contribution in [2.24, 2.45) is 0 Å². The summed E-state index contributed by atoms with van der Waals surface area (Å²) in [5.41, 5.74) is 9.36. The van der Waals surface area contributed by atoms with Crippen molar-refractivity contribution in [2.45, 2.75) is 20.0 Å². The van der Waals surface area contributed by atoms with Crippen molar-refractivity contribution < 1.29 is 9.53 Å². The van der Waals surface area contributed by atoms with E-state index in [2.05, 4.69) is 0 Å². The Bertz CT molecular complexity index is 578. The van der Waals surface area contributed by atoms with Crippen LogP contribution in [0.2, 0.25) is 0 Å². The summed E-state index contributed by atoms with van der Waals surface area (Å²) in [5, 5.41) is 0. The van der Waals surface area contributed by atoms with E-state index < -0.39 is 0 Å². The van der Waals surface area contributed by atoms with E-state index in [4.69, 9.17) is 10.5 Å². The summed E-state index contributed by atoms with van der Waals surface area (Å²) in [4.78, 5) is 11.7. The number of carbonyl (C=O) groups is 1. The zero-order valence-corrected chi connectivity index (χ0v) is 10.9. The van der Waals surface area contributed by atoms with Crippen LogP contribution in [0.5, 0.6) is 0 Å². The van der Waals surface area contributed by atoms with Gasteiger partial charge in [-0.05, 0) is 24.1 Å². The van der Waals surface area contributed by atoms with Crippen LogP contribution >= 0.6 is 0 Å². The third-order valence-corrected chi connectivity index (χ3v) is 2.87. The second-order valence-corrected chi connectivity index (χ2v) is 4.53. The van der Waals surface area contributed by atoms with Gasteiger partial charge in [0, 0.05) is 5.69 Å². The Labute approximate surface area is 113 Å². The molecule has 0 bridgehead atoms. The van der Waals surface area contributed by atoms with Gasteiger partial charge in [0.25, 0.3) is 0 Å². The third-order valence-electron chi connectivity index (χ3n) is 2.87. The molecule has 0 radical (unpaired) electrons. The number of para-hydroxylation sites is 1. The molecule has 0 saturated heterocycles. The summed E-state index contributed by atoms with van der Waals surface area (Å²) < 4.78 is 5.25. The predicted molar refractivity (Wildman–Crippen MR) is 75.5 cm³/mol. The second-order valence-electron chi connectivity index (χ2n) is 4.53. The molecule has 0 amide bonds. The zero-order chi connectivity index (χ0) is 13.7. The lowest BCUT2D eigenvalue weighted by Crippen LogP contribution is -2.09. The summed E-state index contributed by atoms with van der Waals surface area (Å²) in [6.07, 6.45) is 0.207. The van der Waals surface area contributed by atoms with Crippen molar-refractivity contribution in [2.75, 3.05) is 5.73 Å². The van der Waals surface area contributed by atoms with Crippen LogP contribution in [0, 0.1) is 6.92 Å². The first-order chi connectivity index (χ1) is 9.15. The van der Waals surface area contributed by atoms with Gasteiger partial charge in [0.2, 0.25) is 0 Å². The summed E-state index contributed by atoms with van der Waals surface area (Å²) in [7, 11) is 0. The van der Waals surface area contributed by atoms with E-state index in [1.54, 1.807) is 6.07 Å². The molecule has 2 N–H and O–H groups in total. The molecular weight excluding hydrogens is 238 g/mol. The number of benzene rings is 2. The third kappa shape index (κ3) is 3.85. The van der Waals surface area contributed by atoms with Gasteiger partial charge in [-0.15, -0.1) is 0 Å². The monoisotopic (exact) mass is 255 g/mol. The summed E-state index contributed by atoms with van der Waals surface area (Å²) in [5.74, 6) is -0.264. The van der Waals surface area contributed by atoms with Crippen LogP contribution in [0.3, 0.4) is 0 Å². The highest BCUT2D eigenvalue weighted by Crippen LogP contribution is 2.12. The highest BCUT2D eigenvalue weighted by molar-refractivity contribution is 5.74. The largest absolute Gasteiger partial charge is 0.461 e. The molecule has 2 rings (SSSR count). The van der Waals surface area contributed by atoms with E-state index in [-0.39, 0.29) is 12.4 Å². The van der Waals surface area contributed by atoms with Crippen molar-refractivity contribution in [3.8, 4) is 0 Å². The van der Waals surface area contributed by atoms with Crippen molar-refractivity contribution >= 4 is 11.7 Å². The molecule has 0 atom stereocenters. The zero-order valence-electron chi connectivity index (χ0n) is 10.9. The van der Waals surface area contributed by atoms with Crippen LogP contribution in [0.4, 0.5) is 5.69 Å². The lowest BCUT2D eigenvalue weighted by atomic mass is 10.1. The number of nitrogens with two attached hydrogens (primary N) is 1. The number of esters is 1. The normalized spacial score (nSPS) is 10.2. The quantitative estimate of drug-likeness (QED) is 0.675. The molecule has 98 valence electrons. The average molecular weight is 255 g/mol. The predicted octanol–water partition coefficient (Wildman–Crippen LogP) is 2.86. The summed E-state index contributed by atoms with van der Waals surface area (Å²) in [6.45, 7) is 2.31. The fourth-order valence-corrected chi connectivity index (χ4v) is 1.87. The Hall–Kier alpha value is -2.29. The van der Waals surface area contributed by atoms with Gasteiger partial charge >= 0.3 is 5.97 Å². The molecule has 0 aliphatic carbocycles. The van der Waals surface area contributed by atoms with E-state index in [1.165, 1.54) is 0 Å². The van der Waals surface area contributed by atoms with Crippen molar-refractivity contribution in [3.63, 3.8) is 0 Å². The van der Waals surface area contributed by atoms with Crippen molar-refractivity contribution in [1.29, 1.82) is 0 Å². The molecule has 0 aromatic heterocycles. The van der Waals surface area contributed by atoms with E-state index in [1.807, 2.05) is 49.4 Å². The van der Waals surface area contributed by atoms with Gasteiger partial charge < -0.3 is 10.5 Å². The number of anilines is 1. The van der Waals surface area contributed by atoms with Crippen LogP contribution < -0.4 is 5.73 Å². The average Bonchev–Trinajstić information content (AvgIpc) is 2.39. The number of hydrogen-bond donors (Lipinski definition) is 1. The van der Waals surface area contributed by atoms with Crippen LogP contribution in [-0.2, 0) is 22.6 Å². The molecule has 0 aliphatic heterocycles. The molecule has 2 aromatic carbocycles. The molecule has 3 heteroatoms. The minimum absolute atomic E-state index is 0.207. The highest BCUT2D eigenvalue weighted by Gasteiger charge is 2.07. The van der Waals surface area contributed by atoms with E-state index in [9.17, 15) is 4.79 Å². The smallest absolute Gasteiger partial charge is 0.310 e. The summed E-state index contributed by atoms with van der Waals surface area (Å²) in [6, 6.07) is 15.2. The minimum Gasteiger partial charge on any atom is -0.461 e. The van der Waals surface area contributed by atoms with Gasteiger partial charge in [-0.2, -0.15) is 0 Å². The van der Waals surface area contributed by atoms with Crippen LogP contribution in [0.25, 0.3) is 0 Å². The molecule has 19 heavy (non-hydrogen) atoms. The van der Waals surface area contributed by atoms with E-state index >= 15 is 0 Å². The SMILES string of the molecule is Cc1cccc(COC(=O)Cc2ccccc2N)c1. The molecule has 0 spiro atoms. The standard InChI is InChI=1S/C16H17NO2/c1-12-5-4-6-13(9-12)11-19-16(18)10-14-7-2-3-8-15(14)17/h2-9H,10-11,17H2,1H3. The van der Waals surface area contributed by atoms with Gasteiger partial charge in [-0.1, -0.05) is 48.0 Å². The van der Waals surface area contributed by atoms with Gasteiger partial charge in [-0.25, -0.2) is 0 Å². The van der Waals surface area contributed by atoms with Crippen molar-refractivity contribution in [1.82, 2.24) is 0 Å². The van der Waals surface area contributed by atoms with Crippen molar-refractivity contribution in [3.05, 3.63) is 65.2 Å². The Morgan fingerprint density at radius 2 is 1.95 bits per heavy atom. The molecule has 0 heterocycles. The Morgan fingerprint density at radius 3 is 2.68 bits per heavy atom.